The fourth-order valence-corrected chi connectivity index (χ4v) is 4.27. The van der Waals surface area contributed by atoms with Gasteiger partial charge >= 0.3 is 0 Å². The first kappa shape index (κ1) is 17.2. The van der Waals surface area contributed by atoms with Gasteiger partial charge in [0.05, 0.1) is 12.1 Å². The Labute approximate surface area is 157 Å². The Morgan fingerprint density at radius 3 is 2.72 bits per heavy atom. The predicted octanol–water partition coefficient (Wildman–Crippen LogP) is 2.37. The molecule has 1 aliphatic carbocycles. The molecule has 25 heavy (non-hydrogen) atoms. The zero-order chi connectivity index (χ0) is 17.2. The molecule has 2 atom stereocenters. The van der Waals surface area contributed by atoms with E-state index in [1.54, 1.807) is 0 Å². The highest BCUT2D eigenvalue weighted by molar-refractivity contribution is 9.10. The maximum atomic E-state index is 10.5. The number of aliphatic hydroxyl groups is 1. The molecule has 0 radical (unpaired) electrons. The average Bonchev–Trinajstić information content (AvgIpc) is 2.94. The second-order valence-corrected chi connectivity index (χ2v) is 7.78. The van der Waals surface area contributed by atoms with E-state index in [9.17, 15) is 5.11 Å². The van der Waals surface area contributed by atoms with Gasteiger partial charge in [0.1, 0.15) is 0 Å². The number of hydrogen-bond donors (Lipinski definition) is 3. The van der Waals surface area contributed by atoms with Gasteiger partial charge in [-0.3, -0.25) is 4.90 Å². The summed E-state index contributed by atoms with van der Waals surface area (Å²) < 4.78 is 1.10. The smallest absolute Gasteiger partial charge is 0.0791 e. The number of piperazine rings is 1. The van der Waals surface area contributed by atoms with Crippen molar-refractivity contribution in [3.8, 4) is 11.1 Å². The number of nitrogens with one attached hydrogen (secondary N) is 2. The van der Waals surface area contributed by atoms with Crippen LogP contribution in [-0.2, 0) is 0 Å². The van der Waals surface area contributed by atoms with Crippen LogP contribution >= 0.6 is 15.9 Å². The van der Waals surface area contributed by atoms with Crippen LogP contribution in [0.4, 0.5) is 0 Å². The lowest BCUT2D eigenvalue weighted by molar-refractivity contribution is 0.103. The van der Waals surface area contributed by atoms with Crippen LogP contribution in [0.3, 0.4) is 0 Å². The summed E-state index contributed by atoms with van der Waals surface area (Å²) in [5.74, 6) is 0. The van der Waals surface area contributed by atoms with Crippen molar-refractivity contribution in [2.24, 2.45) is 0 Å². The minimum absolute atomic E-state index is 0.150. The topological polar surface area (TPSA) is 47.5 Å². The first-order chi connectivity index (χ1) is 12.2. The molecule has 0 amide bonds. The summed E-state index contributed by atoms with van der Waals surface area (Å²) >= 11 is 3.58. The molecule has 1 heterocycles. The van der Waals surface area contributed by atoms with Gasteiger partial charge in [-0.25, -0.2) is 0 Å². The number of halogens is 1. The Balaban J connectivity index is 1.47. The molecule has 4 rings (SSSR count). The second kappa shape index (κ2) is 7.56. The summed E-state index contributed by atoms with van der Waals surface area (Å²) in [6.07, 6.45) is -0.357. The fourth-order valence-electron chi connectivity index (χ4n) is 3.91. The molecule has 3 N–H and O–H groups in total. The monoisotopic (exact) mass is 401 g/mol. The molecule has 1 aliphatic heterocycles. The van der Waals surface area contributed by atoms with E-state index in [0.29, 0.717) is 6.54 Å². The SMILES string of the molecule is OC(CNC1c2ccccc2-c2cc(Br)ccc21)CN1CCNCC1. The third-order valence-electron chi connectivity index (χ3n) is 5.12. The molecule has 1 saturated heterocycles. The van der Waals surface area contributed by atoms with Gasteiger partial charge in [0.2, 0.25) is 0 Å². The van der Waals surface area contributed by atoms with Crippen LogP contribution < -0.4 is 10.6 Å². The predicted molar refractivity (Wildman–Crippen MR) is 105 cm³/mol. The summed E-state index contributed by atoms with van der Waals surface area (Å²) in [5, 5.41) is 17.4. The van der Waals surface area contributed by atoms with Crippen LogP contribution in [0, 0.1) is 0 Å². The van der Waals surface area contributed by atoms with E-state index in [-0.39, 0.29) is 12.1 Å². The van der Waals surface area contributed by atoms with E-state index in [0.717, 1.165) is 37.2 Å². The Bertz CT molecular complexity index is 745. The van der Waals surface area contributed by atoms with Crippen LogP contribution in [0.1, 0.15) is 17.2 Å². The first-order valence-electron chi connectivity index (χ1n) is 8.95. The lowest BCUT2D eigenvalue weighted by Gasteiger charge is -2.29. The molecule has 0 spiro atoms. The van der Waals surface area contributed by atoms with Crippen molar-refractivity contribution >= 4 is 15.9 Å². The van der Waals surface area contributed by atoms with E-state index >= 15 is 0 Å². The normalized spacial score (nSPS) is 21.0. The third kappa shape index (κ3) is 3.66. The van der Waals surface area contributed by atoms with Crippen LogP contribution in [0.5, 0.6) is 0 Å². The molecule has 0 aromatic heterocycles. The van der Waals surface area contributed by atoms with Crippen molar-refractivity contribution in [2.45, 2.75) is 12.1 Å². The van der Waals surface area contributed by atoms with Gasteiger partial charge in [-0.1, -0.05) is 46.3 Å². The fraction of sp³-hybridized carbons (Fsp3) is 0.400. The Morgan fingerprint density at radius 2 is 1.88 bits per heavy atom. The van der Waals surface area contributed by atoms with Crippen LogP contribution in [-0.4, -0.2) is 55.4 Å². The van der Waals surface area contributed by atoms with Crippen molar-refractivity contribution < 1.29 is 5.11 Å². The Kier molecular flexibility index (Phi) is 5.20. The van der Waals surface area contributed by atoms with E-state index in [1.165, 1.54) is 22.3 Å². The van der Waals surface area contributed by atoms with Gasteiger partial charge in [0.25, 0.3) is 0 Å². The third-order valence-corrected chi connectivity index (χ3v) is 5.62. The van der Waals surface area contributed by atoms with E-state index in [1.807, 2.05) is 0 Å². The molecule has 132 valence electrons. The maximum Gasteiger partial charge on any atom is 0.0791 e. The van der Waals surface area contributed by atoms with Gasteiger partial charge in [-0.2, -0.15) is 0 Å². The number of fused-ring (bicyclic) bond motifs is 3. The van der Waals surface area contributed by atoms with E-state index in [4.69, 9.17) is 0 Å². The lowest BCUT2D eigenvalue weighted by Crippen LogP contribution is -2.48. The van der Waals surface area contributed by atoms with Crippen LogP contribution in [0.2, 0.25) is 0 Å². The van der Waals surface area contributed by atoms with E-state index in [2.05, 4.69) is 73.9 Å². The molecule has 5 heteroatoms. The highest BCUT2D eigenvalue weighted by Gasteiger charge is 2.28. The lowest BCUT2D eigenvalue weighted by atomic mass is 10.1. The standard InChI is InChI=1S/C20H24BrN3O/c21-14-5-6-18-19(11-14)16-3-1-2-4-17(16)20(18)23-12-15(25)13-24-9-7-22-8-10-24/h1-6,11,15,20,22-23,25H,7-10,12-13H2. The molecule has 2 aromatic carbocycles. The van der Waals surface area contributed by atoms with Crippen molar-refractivity contribution in [1.29, 1.82) is 0 Å². The highest BCUT2D eigenvalue weighted by atomic mass is 79.9. The Morgan fingerprint density at radius 1 is 1.12 bits per heavy atom. The second-order valence-electron chi connectivity index (χ2n) is 6.86. The van der Waals surface area contributed by atoms with Crippen LogP contribution in [0.15, 0.2) is 46.9 Å². The quantitative estimate of drug-likeness (QED) is 0.719. The highest BCUT2D eigenvalue weighted by Crippen LogP contribution is 2.44. The molecule has 2 aliphatic rings. The molecular weight excluding hydrogens is 378 g/mol. The van der Waals surface area contributed by atoms with E-state index < -0.39 is 0 Å². The summed E-state index contributed by atoms with van der Waals surface area (Å²) in [6, 6.07) is 15.2. The minimum atomic E-state index is -0.357. The first-order valence-corrected chi connectivity index (χ1v) is 9.75. The van der Waals surface area contributed by atoms with Crippen molar-refractivity contribution in [2.75, 3.05) is 39.3 Å². The summed E-state index contributed by atoms with van der Waals surface area (Å²) in [6.45, 7) is 5.38. The van der Waals surface area contributed by atoms with Gasteiger partial charge in [-0.15, -0.1) is 0 Å². The van der Waals surface area contributed by atoms with Crippen molar-refractivity contribution in [3.63, 3.8) is 0 Å². The van der Waals surface area contributed by atoms with Gasteiger partial charge in [-0.05, 0) is 34.4 Å². The maximum absolute atomic E-state index is 10.5. The number of nitrogens with zero attached hydrogens (tertiary/aromatic N) is 1. The minimum Gasteiger partial charge on any atom is -0.390 e. The number of rotatable bonds is 5. The molecule has 2 aromatic rings. The molecule has 0 saturated carbocycles. The van der Waals surface area contributed by atoms with Crippen molar-refractivity contribution in [1.82, 2.24) is 15.5 Å². The zero-order valence-electron chi connectivity index (χ0n) is 14.2. The number of benzene rings is 2. The summed E-state index contributed by atoms with van der Waals surface area (Å²) in [4.78, 5) is 2.33. The summed E-state index contributed by atoms with van der Waals surface area (Å²) in [5.41, 5.74) is 5.15. The van der Waals surface area contributed by atoms with Gasteiger partial charge < -0.3 is 15.7 Å². The molecular formula is C20H24BrN3O. The zero-order valence-corrected chi connectivity index (χ0v) is 15.8. The average molecular weight is 402 g/mol. The number of aliphatic hydroxyl groups excluding tert-OH is 1. The number of β-amino-alcohol motifs (C(OH)–C–C–N with tert-alkyl or cyclic N) is 1. The molecule has 2 unspecified atom stereocenters. The van der Waals surface area contributed by atoms with Gasteiger partial charge in [0.15, 0.2) is 0 Å². The van der Waals surface area contributed by atoms with Crippen LogP contribution in [0.25, 0.3) is 11.1 Å². The Hall–Kier alpha value is -1.24. The number of hydrogen-bond acceptors (Lipinski definition) is 4. The summed E-state index contributed by atoms with van der Waals surface area (Å²) in [7, 11) is 0. The van der Waals surface area contributed by atoms with Gasteiger partial charge in [0, 0.05) is 43.7 Å². The largest absolute Gasteiger partial charge is 0.390 e. The molecule has 4 nitrogen and oxygen atoms in total. The molecule has 0 bridgehead atoms. The van der Waals surface area contributed by atoms with Crippen molar-refractivity contribution in [3.05, 3.63) is 58.1 Å². The molecule has 1 fully saturated rings.